The van der Waals surface area contributed by atoms with Crippen LogP contribution in [0.25, 0.3) is 11.0 Å². The summed E-state index contributed by atoms with van der Waals surface area (Å²) in [6.45, 7) is 6.48. The van der Waals surface area contributed by atoms with Crippen LogP contribution in [0.5, 0.6) is 0 Å². The van der Waals surface area contributed by atoms with Crippen LogP contribution in [0, 0.1) is 17.0 Å². The summed E-state index contributed by atoms with van der Waals surface area (Å²) >= 11 is 0. The maximum absolute atomic E-state index is 12.1. The molecule has 0 spiro atoms. The molecule has 0 amide bonds. The molecule has 96 valence electrons. The SMILES string of the molecule is CCn1c(=O)n(CC)c2cc([N+](=O)[O-])c(C)cc21. The summed E-state index contributed by atoms with van der Waals surface area (Å²) in [6, 6.07) is 3.20. The van der Waals surface area contributed by atoms with Gasteiger partial charge in [-0.05, 0) is 26.8 Å². The summed E-state index contributed by atoms with van der Waals surface area (Å²) in [5.41, 5.74) is 1.89. The summed E-state index contributed by atoms with van der Waals surface area (Å²) in [7, 11) is 0. The molecule has 0 N–H and O–H groups in total. The van der Waals surface area contributed by atoms with E-state index >= 15 is 0 Å². The minimum absolute atomic E-state index is 0.0537. The van der Waals surface area contributed by atoms with Gasteiger partial charge in [0.2, 0.25) is 0 Å². The molecule has 6 heteroatoms. The largest absolute Gasteiger partial charge is 0.329 e. The molecule has 0 unspecified atom stereocenters. The number of fused-ring (bicyclic) bond motifs is 1. The molecule has 0 saturated carbocycles. The van der Waals surface area contributed by atoms with E-state index in [0.717, 1.165) is 5.52 Å². The van der Waals surface area contributed by atoms with E-state index in [1.54, 1.807) is 22.1 Å². The highest BCUT2D eigenvalue weighted by molar-refractivity contribution is 5.80. The van der Waals surface area contributed by atoms with Gasteiger partial charge < -0.3 is 0 Å². The molecule has 0 bridgehead atoms. The van der Waals surface area contributed by atoms with E-state index in [2.05, 4.69) is 0 Å². The average molecular weight is 249 g/mol. The van der Waals surface area contributed by atoms with Crippen LogP contribution < -0.4 is 5.69 Å². The van der Waals surface area contributed by atoms with Gasteiger partial charge in [0, 0.05) is 24.7 Å². The minimum atomic E-state index is -0.414. The second kappa shape index (κ2) is 4.29. The molecule has 18 heavy (non-hydrogen) atoms. The van der Waals surface area contributed by atoms with Crippen LogP contribution in [0.1, 0.15) is 19.4 Å². The van der Waals surface area contributed by atoms with Crippen LogP contribution in [0.4, 0.5) is 5.69 Å². The molecule has 0 radical (unpaired) electrons. The molecule has 1 aromatic heterocycles. The summed E-state index contributed by atoms with van der Waals surface area (Å²) in [6.07, 6.45) is 0. The minimum Gasteiger partial charge on any atom is -0.292 e. The lowest BCUT2D eigenvalue weighted by Crippen LogP contribution is -2.23. The molecular weight excluding hydrogens is 234 g/mol. The molecule has 6 nitrogen and oxygen atoms in total. The lowest BCUT2D eigenvalue weighted by Gasteiger charge is -2.01. The van der Waals surface area contributed by atoms with Crippen LogP contribution in [0.3, 0.4) is 0 Å². The third-order valence-electron chi connectivity index (χ3n) is 3.17. The van der Waals surface area contributed by atoms with Crippen molar-refractivity contribution >= 4 is 16.7 Å². The van der Waals surface area contributed by atoms with Crippen LogP contribution in [-0.2, 0) is 13.1 Å². The molecule has 0 aliphatic rings. The third kappa shape index (κ3) is 1.61. The monoisotopic (exact) mass is 249 g/mol. The number of rotatable bonds is 3. The molecular formula is C12H15N3O3. The Bertz CT molecular complexity index is 682. The van der Waals surface area contributed by atoms with Crippen molar-refractivity contribution in [1.82, 2.24) is 9.13 Å². The zero-order valence-electron chi connectivity index (χ0n) is 10.6. The van der Waals surface area contributed by atoms with Gasteiger partial charge in [0.1, 0.15) is 0 Å². The highest BCUT2D eigenvalue weighted by atomic mass is 16.6. The van der Waals surface area contributed by atoms with Gasteiger partial charge in [-0.2, -0.15) is 0 Å². The predicted molar refractivity (Wildman–Crippen MR) is 68.9 cm³/mol. The number of aryl methyl sites for hydroxylation is 3. The van der Waals surface area contributed by atoms with Crippen molar-refractivity contribution in [3.8, 4) is 0 Å². The number of aromatic nitrogens is 2. The Hall–Kier alpha value is -2.11. The zero-order valence-corrected chi connectivity index (χ0v) is 10.6. The summed E-state index contributed by atoms with van der Waals surface area (Å²) in [5, 5.41) is 10.9. The summed E-state index contributed by atoms with van der Waals surface area (Å²) < 4.78 is 3.20. The Kier molecular flexibility index (Phi) is 2.94. The van der Waals surface area contributed by atoms with Gasteiger partial charge in [0.05, 0.1) is 16.0 Å². The molecule has 1 heterocycles. The van der Waals surface area contributed by atoms with Crippen molar-refractivity contribution in [2.45, 2.75) is 33.9 Å². The fourth-order valence-corrected chi connectivity index (χ4v) is 2.26. The number of imidazole rings is 1. The van der Waals surface area contributed by atoms with Gasteiger partial charge in [-0.15, -0.1) is 0 Å². The second-order valence-corrected chi connectivity index (χ2v) is 4.16. The van der Waals surface area contributed by atoms with E-state index < -0.39 is 4.92 Å². The Morgan fingerprint density at radius 1 is 1.17 bits per heavy atom. The Labute approximate surface area is 104 Å². The standard InChI is InChI=1S/C12H15N3O3/c1-4-13-10-6-8(3)9(15(17)18)7-11(10)14(5-2)12(13)16/h6-7H,4-5H2,1-3H3. The lowest BCUT2D eigenvalue weighted by molar-refractivity contribution is -0.385. The number of benzene rings is 1. The van der Waals surface area contributed by atoms with E-state index in [0.29, 0.717) is 24.2 Å². The first-order valence-electron chi connectivity index (χ1n) is 5.89. The van der Waals surface area contributed by atoms with Crippen molar-refractivity contribution in [3.63, 3.8) is 0 Å². The highest BCUT2D eigenvalue weighted by Gasteiger charge is 2.18. The maximum atomic E-state index is 12.1. The summed E-state index contributed by atoms with van der Waals surface area (Å²) in [4.78, 5) is 22.6. The van der Waals surface area contributed by atoms with Crippen molar-refractivity contribution in [2.75, 3.05) is 0 Å². The molecule has 0 fully saturated rings. The quantitative estimate of drug-likeness (QED) is 0.617. The van der Waals surface area contributed by atoms with E-state index in [1.165, 1.54) is 6.07 Å². The number of hydrogen-bond donors (Lipinski definition) is 0. The van der Waals surface area contributed by atoms with Crippen molar-refractivity contribution in [1.29, 1.82) is 0 Å². The number of hydrogen-bond acceptors (Lipinski definition) is 3. The Morgan fingerprint density at radius 2 is 1.67 bits per heavy atom. The topological polar surface area (TPSA) is 70.1 Å². The van der Waals surface area contributed by atoms with Crippen molar-refractivity contribution in [3.05, 3.63) is 38.3 Å². The van der Waals surface area contributed by atoms with Gasteiger partial charge in [-0.1, -0.05) is 0 Å². The molecule has 0 aliphatic carbocycles. The van der Waals surface area contributed by atoms with E-state index in [1.807, 2.05) is 13.8 Å². The molecule has 0 aliphatic heterocycles. The van der Waals surface area contributed by atoms with E-state index in [4.69, 9.17) is 0 Å². The smallest absolute Gasteiger partial charge is 0.292 e. The fourth-order valence-electron chi connectivity index (χ4n) is 2.26. The van der Waals surface area contributed by atoms with Crippen molar-refractivity contribution in [2.24, 2.45) is 0 Å². The van der Waals surface area contributed by atoms with E-state index in [-0.39, 0.29) is 11.4 Å². The third-order valence-corrected chi connectivity index (χ3v) is 3.17. The molecule has 2 aromatic rings. The number of nitrogens with zero attached hydrogens (tertiary/aromatic N) is 3. The number of nitro benzene ring substituents is 1. The first-order valence-corrected chi connectivity index (χ1v) is 5.89. The van der Waals surface area contributed by atoms with E-state index in [9.17, 15) is 14.9 Å². The Morgan fingerprint density at radius 3 is 2.11 bits per heavy atom. The lowest BCUT2D eigenvalue weighted by atomic mass is 10.2. The van der Waals surface area contributed by atoms with Gasteiger partial charge in [-0.3, -0.25) is 19.2 Å². The van der Waals surface area contributed by atoms with Crippen LogP contribution >= 0.6 is 0 Å². The number of nitro groups is 1. The summed E-state index contributed by atoms with van der Waals surface area (Å²) in [5.74, 6) is 0. The molecule has 2 rings (SSSR count). The van der Waals surface area contributed by atoms with Gasteiger partial charge in [0.15, 0.2) is 0 Å². The Balaban J connectivity index is 2.93. The average Bonchev–Trinajstić information content (AvgIpc) is 2.58. The predicted octanol–water partition coefficient (Wildman–Crippen LogP) is 2.06. The van der Waals surface area contributed by atoms with Crippen molar-refractivity contribution < 1.29 is 4.92 Å². The molecule has 0 atom stereocenters. The molecule has 1 aromatic carbocycles. The zero-order chi connectivity index (χ0) is 13.4. The maximum Gasteiger partial charge on any atom is 0.329 e. The first kappa shape index (κ1) is 12.3. The van der Waals surface area contributed by atoms with Gasteiger partial charge in [-0.25, -0.2) is 4.79 Å². The fraction of sp³-hybridized carbons (Fsp3) is 0.417. The second-order valence-electron chi connectivity index (χ2n) is 4.16. The van der Waals surface area contributed by atoms with Crippen LogP contribution in [0.15, 0.2) is 16.9 Å². The first-order chi connectivity index (χ1) is 8.51. The normalized spacial score (nSPS) is 11.1. The van der Waals surface area contributed by atoms with Crippen LogP contribution in [0.2, 0.25) is 0 Å². The van der Waals surface area contributed by atoms with Crippen LogP contribution in [-0.4, -0.2) is 14.1 Å². The highest BCUT2D eigenvalue weighted by Crippen LogP contribution is 2.24. The molecule has 0 saturated heterocycles. The van der Waals surface area contributed by atoms with Gasteiger partial charge >= 0.3 is 5.69 Å². The van der Waals surface area contributed by atoms with Gasteiger partial charge in [0.25, 0.3) is 5.69 Å².